The molecule has 0 saturated heterocycles. The zero-order chi connectivity index (χ0) is 52.8. The Morgan fingerprint density at radius 1 is 0.325 bits per heavy atom. The van der Waals surface area contributed by atoms with Crippen LogP contribution in [0.4, 0.5) is 0 Å². The van der Waals surface area contributed by atoms with E-state index in [0.717, 1.165) is 72.7 Å². The third kappa shape index (κ3) is 6.79. The Bertz CT molecular complexity index is 4510. The molecule has 80 heavy (non-hydrogen) atoms. The van der Waals surface area contributed by atoms with Crippen molar-refractivity contribution in [1.29, 1.82) is 0 Å². The summed E-state index contributed by atoms with van der Waals surface area (Å²) in [6, 6.07) is 73.8. The lowest BCUT2D eigenvalue weighted by molar-refractivity contribution is -0.0397. The van der Waals surface area contributed by atoms with E-state index in [2.05, 4.69) is 178 Å². The van der Waals surface area contributed by atoms with Gasteiger partial charge in [-0.1, -0.05) is 172 Å². The van der Waals surface area contributed by atoms with E-state index < -0.39 is 0 Å². The molecule has 0 aliphatic heterocycles. The highest BCUT2D eigenvalue weighted by atomic mass is 16.3. The first-order valence-electron chi connectivity index (χ1n) is 28.5. The number of para-hydroxylation sites is 1. The molecule has 7 heteroatoms. The highest BCUT2D eigenvalue weighted by Crippen LogP contribution is 2.70. The molecule has 4 fully saturated rings. The Kier molecular flexibility index (Phi) is 9.81. The van der Waals surface area contributed by atoms with Crippen molar-refractivity contribution in [2.75, 3.05) is 0 Å². The van der Waals surface area contributed by atoms with Gasteiger partial charge in [-0.3, -0.25) is 0 Å². The topological polar surface area (TPSA) is 90.5 Å². The summed E-state index contributed by atoms with van der Waals surface area (Å²) >= 11 is 0. The van der Waals surface area contributed by atoms with Gasteiger partial charge < -0.3 is 4.42 Å². The largest absolute Gasteiger partial charge is 0.456 e. The van der Waals surface area contributed by atoms with Crippen LogP contribution in [0.15, 0.2) is 211 Å². The van der Waals surface area contributed by atoms with Gasteiger partial charge in [0.25, 0.3) is 0 Å². The average Bonchev–Trinajstić information content (AvgIpc) is 4.14. The van der Waals surface area contributed by atoms with Crippen molar-refractivity contribution in [2.45, 2.75) is 56.8 Å². The molecule has 3 heterocycles. The molecule has 1 spiro atoms. The molecule has 9 aromatic carbocycles. The van der Waals surface area contributed by atoms with Crippen LogP contribution in [0.1, 0.15) is 68.2 Å². The number of hydrogen-bond acceptors (Lipinski definition) is 7. The van der Waals surface area contributed by atoms with E-state index in [4.69, 9.17) is 34.3 Å². The number of aromatic nitrogens is 6. The molecule has 6 aliphatic carbocycles. The van der Waals surface area contributed by atoms with E-state index in [9.17, 15) is 0 Å². The zero-order valence-corrected chi connectivity index (χ0v) is 44.6. The minimum atomic E-state index is -0.201. The monoisotopic (exact) mass is 1030 g/mol. The predicted octanol–water partition coefficient (Wildman–Crippen LogP) is 17.7. The van der Waals surface area contributed by atoms with Crippen molar-refractivity contribution >= 4 is 21.9 Å². The quantitative estimate of drug-likeness (QED) is 0.157. The van der Waals surface area contributed by atoms with Crippen molar-refractivity contribution < 1.29 is 4.42 Å². The normalized spacial score (nSPS) is 20.5. The molecule has 0 N–H and O–H groups in total. The molecule has 0 amide bonds. The number of rotatable bonds is 7. The van der Waals surface area contributed by atoms with Crippen LogP contribution in [-0.2, 0) is 10.8 Å². The minimum Gasteiger partial charge on any atom is -0.456 e. The summed E-state index contributed by atoms with van der Waals surface area (Å²) in [7, 11) is 0. The van der Waals surface area contributed by atoms with Crippen LogP contribution in [0.5, 0.6) is 0 Å². The van der Waals surface area contributed by atoms with E-state index in [1.54, 1.807) is 0 Å². The number of hydrogen-bond donors (Lipinski definition) is 0. The Labute approximate surface area is 464 Å². The Morgan fingerprint density at radius 2 is 0.787 bits per heavy atom. The lowest BCUT2D eigenvalue weighted by Gasteiger charge is -2.61. The van der Waals surface area contributed by atoms with Crippen LogP contribution in [0.3, 0.4) is 0 Å². The van der Waals surface area contributed by atoms with Crippen molar-refractivity contribution in [3.8, 4) is 102 Å². The highest BCUT2D eigenvalue weighted by Gasteiger charge is 2.62. The van der Waals surface area contributed by atoms with E-state index >= 15 is 0 Å². The zero-order valence-electron chi connectivity index (χ0n) is 44.6. The van der Waals surface area contributed by atoms with Crippen molar-refractivity contribution in [3.05, 3.63) is 229 Å². The first kappa shape index (κ1) is 45.8. The molecule has 6 aliphatic rings. The molecule has 4 bridgehead atoms. The van der Waals surface area contributed by atoms with Crippen LogP contribution in [-0.4, -0.2) is 29.9 Å². The molecule has 4 saturated carbocycles. The minimum absolute atomic E-state index is 0.0787. The summed E-state index contributed by atoms with van der Waals surface area (Å²) in [5.74, 6) is 6.33. The molecule has 18 rings (SSSR count). The van der Waals surface area contributed by atoms with Crippen LogP contribution < -0.4 is 0 Å². The maximum Gasteiger partial charge on any atom is 0.164 e. The third-order valence-electron chi connectivity index (χ3n) is 19.1. The van der Waals surface area contributed by atoms with Gasteiger partial charge in [-0.05, 0) is 160 Å². The summed E-state index contributed by atoms with van der Waals surface area (Å²) in [6.07, 6.45) is 6.56. The Morgan fingerprint density at radius 3 is 1.44 bits per heavy atom. The maximum absolute atomic E-state index is 6.31. The molecular weight excluding hydrogens is 977 g/mol. The number of benzene rings is 9. The lowest BCUT2D eigenvalue weighted by Crippen LogP contribution is -2.55. The number of fused-ring (bicyclic) bond motifs is 9. The van der Waals surface area contributed by atoms with Gasteiger partial charge in [0, 0.05) is 55.0 Å². The maximum atomic E-state index is 6.31. The summed E-state index contributed by atoms with van der Waals surface area (Å²) in [5.41, 5.74) is 20.0. The van der Waals surface area contributed by atoms with E-state index in [0.29, 0.717) is 46.8 Å². The Balaban J connectivity index is 0.915. The number of furan rings is 1. The van der Waals surface area contributed by atoms with Gasteiger partial charge in [0.05, 0.1) is 0 Å². The van der Waals surface area contributed by atoms with Gasteiger partial charge in [-0.15, -0.1) is 0 Å². The molecule has 7 nitrogen and oxygen atoms in total. The molecule has 0 atom stereocenters. The summed E-state index contributed by atoms with van der Waals surface area (Å²) in [4.78, 5) is 32.4. The van der Waals surface area contributed by atoms with Crippen LogP contribution in [0, 0.1) is 23.7 Å². The lowest BCUT2D eigenvalue weighted by atomic mass is 9.42. The summed E-state index contributed by atoms with van der Waals surface area (Å²) in [6.45, 7) is 4.64. The van der Waals surface area contributed by atoms with Gasteiger partial charge in [0.15, 0.2) is 34.9 Å². The van der Waals surface area contributed by atoms with Crippen LogP contribution >= 0.6 is 0 Å². The third-order valence-corrected chi connectivity index (χ3v) is 19.1. The molecule has 0 unspecified atom stereocenters. The average molecular weight is 1030 g/mol. The van der Waals surface area contributed by atoms with Crippen molar-refractivity contribution in [1.82, 2.24) is 29.9 Å². The van der Waals surface area contributed by atoms with E-state index in [1.165, 1.54) is 82.2 Å². The number of nitrogens with zero attached hydrogens (tertiary/aromatic N) is 6. The second-order valence-corrected chi connectivity index (χ2v) is 23.8. The molecular formula is C73H54N6O. The molecule has 0 radical (unpaired) electrons. The SMILES string of the molecule is CC1(C)c2ccccc2-c2ccc(-c3nc(-c4ccccc4)nc(-c4cc(-c5nc(-c6ccccc6)nc(-c6ccc7oc8ccccc8c7c6)n5)cc(-c5cccc6c5C5(c7ccccc7-6)C6CC7CC(C6)CC5C7)c4)n3)cc21. The standard InChI is InChI=1S/C73H54N6O/c1-72(2)60-25-12-9-20-54(60)56-30-28-47(41-62(56)72)69-75-67(45-18-7-4-8-19-45)77-71(79-69)50-38-48(53-23-15-24-58-55-21-10-13-26-61(55)73(65(53)58)51-33-42-32-43(35-51)36-52(73)34-42)37-49(39-50)70-76-66(44-16-5-3-6-17-44)74-68(78-70)46-29-31-64-59(40-46)57-22-11-14-27-63(57)80-64/h3-31,37-43,51-52H,32-36H2,1-2H3. The fraction of sp³-hybridized carbons (Fsp3) is 0.178. The van der Waals surface area contributed by atoms with Gasteiger partial charge >= 0.3 is 0 Å². The van der Waals surface area contributed by atoms with E-state index in [-0.39, 0.29) is 10.8 Å². The van der Waals surface area contributed by atoms with Gasteiger partial charge in [0.2, 0.25) is 0 Å². The fourth-order valence-corrected chi connectivity index (χ4v) is 15.9. The molecule has 382 valence electrons. The summed E-state index contributed by atoms with van der Waals surface area (Å²) < 4.78 is 6.31. The second kappa shape index (κ2) is 17.1. The van der Waals surface area contributed by atoms with Gasteiger partial charge in [-0.2, -0.15) is 0 Å². The van der Waals surface area contributed by atoms with Crippen molar-refractivity contribution in [3.63, 3.8) is 0 Å². The smallest absolute Gasteiger partial charge is 0.164 e. The first-order chi connectivity index (χ1) is 39.3. The van der Waals surface area contributed by atoms with Crippen LogP contribution in [0.2, 0.25) is 0 Å². The first-order valence-corrected chi connectivity index (χ1v) is 28.5. The summed E-state index contributed by atoms with van der Waals surface area (Å²) in [5, 5.41) is 2.06. The Hall–Kier alpha value is -9.20. The van der Waals surface area contributed by atoms with E-state index in [1.807, 2.05) is 42.5 Å². The van der Waals surface area contributed by atoms with Crippen LogP contribution in [0.25, 0.3) is 124 Å². The molecule has 3 aromatic heterocycles. The fourth-order valence-electron chi connectivity index (χ4n) is 15.9. The second-order valence-electron chi connectivity index (χ2n) is 23.8. The van der Waals surface area contributed by atoms with Gasteiger partial charge in [-0.25, -0.2) is 29.9 Å². The predicted molar refractivity (Wildman–Crippen MR) is 319 cm³/mol. The molecule has 12 aromatic rings. The highest BCUT2D eigenvalue weighted by molar-refractivity contribution is 6.06. The van der Waals surface area contributed by atoms with Gasteiger partial charge in [0.1, 0.15) is 11.2 Å². The van der Waals surface area contributed by atoms with Crippen molar-refractivity contribution in [2.24, 2.45) is 23.7 Å².